The highest BCUT2D eigenvalue weighted by atomic mass is 32.2. The van der Waals surface area contributed by atoms with Gasteiger partial charge in [-0.2, -0.15) is 11.8 Å². The third kappa shape index (κ3) is 4.02. The van der Waals surface area contributed by atoms with Crippen LogP contribution in [0.4, 0.5) is 5.69 Å². The number of nitrogens with zero attached hydrogens (tertiary/aromatic N) is 1. The van der Waals surface area contributed by atoms with Crippen molar-refractivity contribution in [3.8, 4) is 0 Å². The van der Waals surface area contributed by atoms with Crippen molar-refractivity contribution in [3.63, 3.8) is 0 Å². The molecule has 23 heavy (non-hydrogen) atoms. The van der Waals surface area contributed by atoms with Gasteiger partial charge in [-0.3, -0.25) is 4.79 Å². The third-order valence-corrected chi connectivity index (χ3v) is 5.35. The second kappa shape index (κ2) is 7.77. The van der Waals surface area contributed by atoms with Crippen LogP contribution in [0.2, 0.25) is 0 Å². The molecular weight excluding hydrogens is 308 g/mol. The van der Waals surface area contributed by atoms with Gasteiger partial charge in [-0.25, -0.2) is 0 Å². The number of ether oxygens (including phenoxy) is 1. The van der Waals surface area contributed by atoms with Gasteiger partial charge in [0.05, 0.1) is 12.8 Å². The molecule has 1 aromatic rings. The predicted molar refractivity (Wildman–Crippen MR) is 96.1 cm³/mol. The number of nitrogens with one attached hydrogen (secondary N) is 1. The Balaban J connectivity index is 1.67. The lowest BCUT2D eigenvalue weighted by molar-refractivity contribution is 0.0771. The summed E-state index contributed by atoms with van der Waals surface area (Å²) in [6, 6.07) is 5.93. The van der Waals surface area contributed by atoms with Crippen LogP contribution < -0.4 is 5.32 Å². The van der Waals surface area contributed by atoms with E-state index >= 15 is 0 Å². The summed E-state index contributed by atoms with van der Waals surface area (Å²) in [6.07, 6.45) is 6.15. The van der Waals surface area contributed by atoms with E-state index in [9.17, 15) is 4.79 Å². The highest BCUT2D eigenvalue weighted by molar-refractivity contribution is 7.99. The molecule has 0 aromatic heterocycles. The summed E-state index contributed by atoms with van der Waals surface area (Å²) >= 11 is 1.92. The molecule has 1 amide bonds. The molecule has 2 heterocycles. The zero-order valence-electron chi connectivity index (χ0n) is 13.6. The molecular formula is C18H24N2O2S. The molecule has 2 aliphatic rings. The predicted octanol–water partition coefficient (Wildman–Crippen LogP) is 3.29. The maximum atomic E-state index is 12.7. The van der Waals surface area contributed by atoms with E-state index in [1.807, 2.05) is 41.8 Å². The van der Waals surface area contributed by atoms with Crippen molar-refractivity contribution in [1.29, 1.82) is 0 Å². The molecule has 1 atom stereocenters. The Morgan fingerprint density at radius 1 is 1.39 bits per heavy atom. The molecule has 0 aliphatic carbocycles. The van der Waals surface area contributed by atoms with E-state index in [4.69, 9.17) is 4.74 Å². The molecule has 5 heteroatoms. The van der Waals surface area contributed by atoms with Gasteiger partial charge in [0.15, 0.2) is 0 Å². The fourth-order valence-corrected chi connectivity index (χ4v) is 3.86. The second-order valence-corrected chi connectivity index (χ2v) is 7.20. The monoisotopic (exact) mass is 332 g/mol. The van der Waals surface area contributed by atoms with Crippen molar-refractivity contribution >= 4 is 23.4 Å². The number of anilines is 1. The zero-order valence-corrected chi connectivity index (χ0v) is 14.4. The Morgan fingerprint density at radius 3 is 2.96 bits per heavy atom. The van der Waals surface area contributed by atoms with Crippen molar-refractivity contribution in [3.05, 3.63) is 41.7 Å². The highest BCUT2D eigenvalue weighted by Gasteiger charge is 2.21. The van der Waals surface area contributed by atoms with E-state index in [0.717, 1.165) is 60.8 Å². The van der Waals surface area contributed by atoms with Gasteiger partial charge in [-0.1, -0.05) is 6.07 Å². The first-order chi connectivity index (χ1) is 11.3. The third-order valence-electron chi connectivity index (χ3n) is 4.41. The van der Waals surface area contributed by atoms with Crippen LogP contribution in [0.25, 0.3) is 0 Å². The van der Waals surface area contributed by atoms with E-state index in [1.165, 1.54) is 0 Å². The molecule has 0 unspecified atom stereocenters. The van der Waals surface area contributed by atoms with Crippen molar-refractivity contribution in [1.82, 2.24) is 4.90 Å². The summed E-state index contributed by atoms with van der Waals surface area (Å²) in [5.41, 5.74) is 2.87. The van der Waals surface area contributed by atoms with Crippen LogP contribution in [0, 0.1) is 6.92 Å². The molecule has 0 bridgehead atoms. The van der Waals surface area contributed by atoms with E-state index in [2.05, 4.69) is 11.4 Å². The first kappa shape index (κ1) is 16.2. The summed E-state index contributed by atoms with van der Waals surface area (Å²) in [5, 5.41) is 3.45. The number of hydrogen-bond acceptors (Lipinski definition) is 4. The number of allylic oxidation sites excluding steroid dienone is 1. The van der Waals surface area contributed by atoms with Crippen LogP contribution in [0.3, 0.4) is 0 Å². The van der Waals surface area contributed by atoms with E-state index < -0.39 is 0 Å². The van der Waals surface area contributed by atoms with E-state index in [1.54, 1.807) is 6.26 Å². The topological polar surface area (TPSA) is 41.6 Å². The summed E-state index contributed by atoms with van der Waals surface area (Å²) in [6.45, 7) is 4.49. The van der Waals surface area contributed by atoms with Gasteiger partial charge in [0, 0.05) is 35.8 Å². The molecule has 0 radical (unpaired) electrons. The normalized spacial score (nSPS) is 20.9. The molecule has 2 aliphatic heterocycles. The molecule has 4 nitrogen and oxygen atoms in total. The molecule has 0 spiro atoms. The van der Waals surface area contributed by atoms with Gasteiger partial charge in [0.1, 0.15) is 6.10 Å². The van der Waals surface area contributed by atoms with Crippen molar-refractivity contribution < 1.29 is 9.53 Å². The summed E-state index contributed by atoms with van der Waals surface area (Å²) in [5.74, 6) is 2.23. The van der Waals surface area contributed by atoms with Gasteiger partial charge < -0.3 is 15.0 Å². The Labute approximate surface area is 142 Å². The molecule has 1 aromatic carbocycles. The van der Waals surface area contributed by atoms with Crippen LogP contribution in [-0.4, -0.2) is 48.1 Å². The molecule has 1 saturated heterocycles. The summed E-state index contributed by atoms with van der Waals surface area (Å²) in [4.78, 5) is 14.7. The van der Waals surface area contributed by atoms with Crippen LogP contribution in [-0.2, 0) is 4.74 Å². The fraction of sp³-hybridized carbons (Fsp3) is 0.500. The van der Waals surface area contributed by atoms with Crippen LogP contribution in [0.15, 0.2) is 30.5 Å². The first-order valence-corrected chi connectivity index (χ1v) is 9.42. The van der Waals surface area contributed by atoms with Crippen molar-refractivity contribution in [2.45, 2.75) is 25.9 Å². The largest absolute Gasteiger partial charge is 0.497 e. The minimum atomic E-state index is 0.156. The number of carbonyl (C=O) groups excluding carboxylic acids is 1. The van der Waals surface area contributed by atoms with E-state index in [-0.39, 0.29) is 12.0 Å². The van der Waals surface area contributed by atoms with Crippen LogP contribution in [0.1, 0.15) is 28.8 Å². The van der Waals surface area contributed by atoms with Gasteiger partial charge in [0.25, 0.3) is 5.91 Å². The molecule has 1 fully saturated rings. The van der Waals surface area contributed by atoms with Crippen molar-refractivity contribution in [2.24, 2.45) is 0 Å². The number of amides is 1. The molecule has 1 N–H and O–H groups in total. The maximum Gasteiger partial charge on any atom is 0.254 e. The highest BCUT2D eigenvalue weighted by Crippen LogP contribution is 2.22. The van der Waals surface area contributed by atoms with Gasteiger partial charge in [-0.05, 0) is 43.5 Å². The van der Waals surface area contributed by atoms with Gasteiger partial charge >= 0.3 is 0 Å². The van der Waals surface area contributed by atoms with Gasteiger partial charge in [0.2, 0.25) is 0 Å². The van der Waals surface area contributed by atoms with Crippen LogP contribution >= 0.6 is 11.8 Å². The first-order valence-electron chi connectivity index (χ1n) is 8.26. The second-order valence-electron chi connectivity index (χ2n) is 5.97. The zero-order chi connectivity index (χ0) is 16.1. The minimum Gasteiger partial charge on any atom is -0.497 e. The number of hydrogen-bond donors (Lipinski definition) is 1. The maximum absolute atomic E-state index is 12.7. The number of carbonyl (C=O) groups is 1. The number of rotatable bonds is 4. The average Bonchev–Trinajstić information content (AvgIpc) is 2.62. The summed E-state index contributed by atoms with van der Waals surface area (Å²) in [7, 11) is 0. The lowest BCUT2D eigenvalue weighted by Gasteiger charge is -2.27. The number of thioether (sulfide) groups is 1. The quantitative estimate of drug-likeness (QED) is 0.919. The van der Waals surface area contributed by atoms with Gasteiger partial charge in [-0.15, -0.1) is 0 Å². The molecule has 0 saturated carbocycles. The van der Waals surface area contributed by atoms with Crippen molar-refractivity contribution in [2.75, 3.05) is 36.5 Å². The Kier molecular flexibility index (Phi) is 5.49. The average molecular weight is 332 g/mol. The minimum absolute atomic E-state index is 0.156. The lowest BCUT2D eigenvalue weighted by atomic mass is 10.0. The van der Waals surface area contributed by atoms with Crippen LogP contribution in [0.5, 0.6) is 0 Å². The Bertz CT molecular complexity index is 582. The van der Waals surface area contributed by atoms with E-state index in [0.29, 0.717) is 0 Å². The summed E-state index contributed by atoms with van der Waals surface area (Å²) < 4.78 is 5.59. The Hall–Kier alpha value is -1.62. The molecule has 124 valence electrons. The SMILES string of the molecule is Cc1c(NC[C@H]2CCC=CO2)cccc1C(=O)N1CCSCC1. The fourth-order valence-electron chi connectivity index (χ4n) is 2.95. The molecule has 3 rings (SSSR count). The Morgan fingerprint density at radius 2 is 2.22 bits per heavy atom. The smallest absolute Gasteiger partial charge is 0.254 e. The number of benzene rings is 1. The standard InChI is InChI=1S/C18H24N2O2S/c1-14-16(18(21)20-8-11-23-12-9-20)6-4-7-17(14)19-13-15-5-2-3-10-22-15/h3-4,6-7,10,15,19H,2,5,8-9,11-13H2,1H3/t15-/m1/s1. The lowest BCUT2D eigenvalue weighted by Crippen LogP contribution is -2.38.